The number of non-ortho nitro benzene ring substituents is 1. The van der Waals surface area contributed by atoms with E-state index in [2.05, 4.69) is 20.8 Å². The molecule has 1 aliphatic heterocycles. The predicted molar refractivity (Wildman–Crippen MR) is 77.9 cm³/mol. The lowest BCUT2D eigenvalue weighted by molar-refractivity contribution is -0.384. The van der Waals surface area contributed by atoms with Crippen LogP contribution in [-0.2, 0) is 10.1 Å². The van der Waals surface area contributed by atoms with Crippen LogP contribution in [0.2, 0.25) is 0 Å². The maximum absolute atomic E-state index is 10.8. The first-order chi connectivity index (χ1) is 9.01. The van der Waals surface area contributed by atoms with E-state index in [-0.39, 0.29) is 22.8 Å². The Morgan fingerprint density at radius 3 is 2.58 bits per heavy atom. The number of halogens is 1. The minimum atomic E-state index is -0.361. The molecule has 0 unspecified atom stereocenters. The lowest BCUT2D eigenvalue weighted by atomic mass is 10.1. The summed E-state index contributed by atoms with van der Waals surface area (Å²) < 4.78 is 5.71. The van der Waals surface area contributed by atoms with Crippen LogP contribution in [0.4, 0.5) is 11.4 Å². The number of morpholine rings is 1. The molecule has 6 heteroatoms. The number of hydrogen-bond donors (Lipinski definition) is 0. The molecule has 1 aromatic rings. The van der Waals surface area contributed by atoms with Gasteiger partial charge in [-0.1, -0.05) is 15.9 Å². The molecule has 0 saturated carbocycles. The first kappa shape index (κ1) is 14.3. The Kier molecular flexibility index (Phi) is 4.42. The third-order valence-corrected chi connectivity index (χ3v) is 3.78. The van der Waals surface area contributed by atoms with E-state index >= 15 is 0 Å². The molecule has 1 saturated heterocycles. The Balaban J connectivity index is 2.30. The average Bonchev–Trinajstić information content (AvgIpc) is 2.36. The molecule has 1 heterocycles. The Morgan fingerprint density at radius 1 is 1.42 bits per heavy atom. The highest BCUT2D eigenvalue weighted by Gasteiger charge is 2.24. The second-order valence-corrected chi connectivity index (χ2v) is 5.43. The molecule has 0 amide bonds. The number of benzene rings is 1. The van der Waals surface area contributed by atoms with E-state index in [0.29, 0.717) is 5.33 Å². The van der Waals surface area contributed by atoms with E-state index < -0.39 is 0 Å². The lowest BCUT2D eigenvalue weighted by Gasteiger charge is -2.37. The fourth-order valence-corrected chi connectivity index (χ4v) is 2.92. The van der Waals surface area contributed by atoms with Gasteiger partial charge < -0.3 is 9.64 Å². The van der Waals surface area contributed by atoms with Gasteiger partial charge in [0.15, 0.2) is 0 Å². The van der Waals surface area contributed by atoms with Crippen LogP contribution < -0.4 is 4.90 Å². The van der Waals surface area contributed by atoms with Crippen LogP contribution in [0, 0.1) is 10.1 Å². The van der Waals surface area contributed by atoms with E-state index in [0.717, 1.165) is 24.3 Å². The first-order valence-electron chi connectivity index (χ1n) is 6.25. The number of nitro benzene ring substituents is 1. The van der Waals surface area contributed by atoms with Crippen LogP contribution in [0.25, 0.3) is 0 Å². The van der Waals surface area contributed by atoms with Gasteiger partial charge in [-0.05, 0) is 25.5 Å². The predicted octanol–water partition coefficient (Wildman–Crippen LogP) is 3.10. The number of nitrogens with zero attached hydrogens (tertiary/aromatic N) is 2. The van der Waals surface area contributed by atoms with Gasteiger partial charge in [0, 0.05) is 36.2 Å². The van der Waals surface area contributed by atoms with Gasteiger partial charge in [0.05, 0.1) is 17.1 Å². The fraction of sp³-hybridized carbons (Fsp3) is 0.538. The molecule has 0 spiro atoms. The number of hydrogen-bond acceptors (Lipinski definition) is 4. The van der Waals surface area contributed by atoms with E-state index in [1.54, 1.807) is 12.1 Å². The molecule has 0 bridgehead atoms. The van der Waals surface area contributed by atoms with E-state index in [4.69, 9.17) is 4.74 Å². The van der Waals surface area contributed by atoms with Crippen molar-refractivity contribution in [3.05, 3.63) is 33.9 Å². The Morgan fingerprint density at radius 2 is 2.05 bits per heavy atom. The number of anilines is 1. The molecule has 1 aliphatic rings. The van der Waals surface area contributed by atoms with Crippen molar-refractivity contribution < 1.29 is 9.66 Å². The molecule has 2 atom stereocenters. The Hall–Kier alpha value is -1.14. The van der Waals surface area contributed by atoms with Gasteiger partial charge >= 0.3 is 0 Å². The SMILES string of the molecule is C[C@@H]1CN(c2ccc([N+](=O)[O-])cc2CBr)C[C@H](C)O1. The van der Waals surface area contributed by atoms with E-state index in [9.17, 15) is 10.1 Å². The summed E-state index contributed by atoms with van der Waals surface area (Å²) in [6, 6.07) is 5.03. The van der Waals surface area contributed by atoms with Crippen LogP contribution in [0.5, 0.6) is 0 Å². The van der Waals surface area contributed by atoms with Crippen molar-refractivity contribution in [3.8, 4) is 0 Å². The average molecular weight is 329 g/mol. The summed E-state index contributed by atoms with van der Waals surface area (Å²) in [4.78, 5) is 12.7. The number of rotatable bonds is 3. The van der Waals surface area contributed by atoms with Crippen LogP contribution >= 0.6 is 15.9 Å². The summed E-state index contributed by atoms with van der Waals surface area (Å²) in [5.41, 5.74) is 2.12. The summed E-state index contributed by atoms with van der Waals surface area (Å²) in [6.07, 6.45) is 0.337. The molecule has 5 nitrogen and oxygen atoms in total. The molecule has 0 aromatic heterocycles. The standard InChI is InChI=1S/C13H17BrN2O3/c1-9-7-15(8-10(2)19-9)13-4-3-12(16(17)18)5-11(13)6-14/h3-5,9-10H,6-8H2,1-2H3/t9-,10+. The zero-order chi connectivity index (χ0) is 14.0. The van der Waals surface area contributed by atoms with E-state index in [1.807, 2.05) is 19.9 Å². The quantitative estimate of drug-likeness (QED) is 0.486. The second kappa shape index (κ2) is 5.88. The molecule has 0 radical (unpaired) electrons. The summed E-state index contributed by atoms with van der Waals surface area (Å²) in [7, 11) is 0. The molecular weight excluding hydrogens is 312 g/mol. The molecule has 104 valence electrons. The molecule has 0 aliphatic carbocycles. The van der Waals surface area contributed by atoms with Crippen LogP contribution in [0.3, 0.4) is 0 Å². The molecule has 19 heavy (non-hydrogen) atoms. The minimum Gasteiger partial charge on any atom is -0.372 e. The summed E-state index contributed by atoms with van der Waals surface area (Å²) in [6.45, 7) is 5.70. The third kappa shape index (κ3) is 3.25. The van der Waals surface area contributed by atoms with Crippen molar-refractivity contribution in [2.75, 3.05) is 18.0 Å². The molecule has 0 N–H and O–H groups in total. The number of nitro groups is 1. The molecular formula is C13H17BrN2O3. The van der Waals surface area contributed by atoms with Gasteiger partial charge in [-0.25, -0.2) is 0 Å². The maximum Gasteiger partial charge on any atom is 0.269 e. The van der Waals surface area contributed by atoms with Gasteiger partial charge in [-0.3, -0.25) is 10.1 Å². The van der Waals surface area contributed by atoms with Gasteiger partial charge in [-0.15, -0.1) is 0 Å². The lowest BCUT2D eigenvalue weighted by Crippen LogP contribution is -2.45. The molecule has 1 fully saturated rings. The molecule has 1 aromatic carbocycles. The van der Waals surface area contributed by atoms with Crippen molar-refractivity contribution >= 4 is 27.3 Å². The van der Waals surface area contributed by atoms with Gasteiger partial charge in [0.1, 0.15) is 0 Å². The zero-order valence-corrected chi connectivity index (χ0v) is 12.6. The number of alkyl halides is 1. The van der Waals surface area contributed by atoms with Gasteiger partial charge in [-0.2, -0.15) is 0 Å². The monoisotopic (exact) mass is 328 g/mol. The highest BCUT2D eigenvalue weighted by atomic mass is 79.9. The molecule has 2 rings (SSSR count). The Bertz CT molecular complexity index is 471. The Labute approximate surface area is 120 Å². The van der Waals surface area contributed by atoms with Crippen molar-refractivity contribution in [2.45, 2.75) is 31.4 Å². The van der Waals surface area contributed by atoms with Gasteiger partial charge in [0.25, 0.3) is 5.69 Å². The van der Waals surface area contributed by atoms with Crippen LogP contribution in [0.1, 0.15) is 19.4 Å². The summed E-state index contributed by atoms with van der Waals surface area (Å²) in [5, 5.41) is 11.4. The zero-order valence-electron chi connectivity index (χ0n) is 11.0. The van der Waals surface area contributed by atoms with Crippen molar-refractivity contribution in [3.63, 3.8) is 0 Å². The smallest absolute Gasteiger partial charge is 0.269 e. The third-order valence-electron chi connectivity index (χ3n) is 3.18. The van der Waals surface area contributed by atoms with Crippen LogP contribution in [0.15, 0.2) is 18.2 Å². The minimum absolute atomic E-state index is 0.132. The maximum atomic E-state index is 10.8. The topological polar surface area (TPSA) is 55.6 Å². The fourth-order valence-electron chi connectivity index (χ4n) is 2.48. The highest BCUT2D eigenvalue weighted by molar-refractivity contribution is 9.08. The van der Waals surface area contributed by atoms with Crippen molar-refractivity contribution in [1.29, 1.82) is 0 Å². The van der Waals surface area contributed by atoms with Gasteiger partial charge in [0.2, 0.25) is 0 Å². The van der Waals surface area contributed by atoms with Crippen LogP contribution in [-0.4, -0.2) is 30.2 Å². The van der Waals surface area contributed by atoms with E-state index in [1.165, 1.54) is 0 Å². The summed E-state index contributed by atoms with van der Waals surface area (Å²) >= 11 is 3.41. The van der Waals surface area contributed by atoms with Crippen molar-refractivity contribution in [2.24, 2.45) is 0 Å². The number of ether oxygens (including phenoxy) is 1. The largest absolute Gasteiger partial charge is 0.372 e. The first-order valence-corrected chi connectivity index (χ1v) is 7.37. The normalized spacial score (nSPS) is 23.4. The highest BCUT2D eigenvalue weighted by Crippen LogP contribution is 2.29. The summed E-state index contributed by atoms with van der Waals surface area (Å²) in [5.74, 6) is 0. The second-order valence-electron chi connectivity index (χ2n) is 4.87. The van der Waals surface area contributed by atoms with Crippen molar-refractivity contribution in [1.82, 2.24) is 0 Å².